The van der Waals surface area contributed by atoms with Gasteiger partial charge in [-0.1, -0.05) is 0 Å². The van der Waals surface area contributed by atoms with Crippen molar-refractivity contribution in [2.45, 2.75) is 24.8 Å². The zero-order valence-electron chi connectivity index (χ0n) is 10.5. The minimum atomic E-state index is -3.61. The maximum Gasteiger partial charge on any atom is 0.241 e. The van der Waals surface area contributed by atoms with E-state index in [4.69, 9.17) is 5.11 Å². The molecule has 5 nitrogen and oxygen atoms in total. The molecule has 2 N–H and O–H groups in total. The van der Waals surface area contributed by atoms with Crippen molar-refractivity contribution in [3.8, 4) is 5.75 Å². The van der Waals surface area contributed by atoms with Crippen LogP contribution < -0.4 is 4.72 Å². The van der Waals surface area contributed by atoms with E-state index < -0.39 is 16.1 Å². The lowest BCUT2D eigenvalue weighted by atomic mass is 10.3. The molecule has 0 aliphatic rings. The summed E-state index contributed by atoms with van der Waals surface area (Å²) >= 11 is 1.46. The van der Waals surface area contributed by atoms with Crippen molar-refractivity contribution < 1.29 is 13.5 Å². The fraction of sp³-hybridized carbons (Fsp3) is 0.250. The molecule has 0 radical (unpaired) electrons. The molecule has 7 heteroatoms. The zero-order valence-corrected chi connectivity index (χ0v) is 12.1. The second-order valence-corrected chi connectivity index (χ2v) is 7.13. The SMILES string of the molecule is Cc1cnc(C(C)NS(=O)(=O)c2ccc(O)cc2)s1. The van der Waals surface area contributed by atoms with E-state index in [0.29, 0.717) is 0 Å². The van der Waals surface area contributed by atoms with Crippen LogP contribution in [0, 0.1) is 6.92 Å². The molecular weight excluding hydrogens is 284 g/mol. The van der Waals surface area contributed by atoms with Crippen molar-refractivity contribution in [1.82, 2.24) is 9.71 Å². The molecule has 1 aromatic carbocycles. The quantitative estimate of drug-likeness (QED) is 0.907. The molecule has 2 rings (SSSR count). The Morgan fingerprint density at radius 1 is 1.32 bits per heavy atom. The summed E-state index contributed by atoms with van der Waals surface area (Å²) in [6.07, 6.45) is 1.71. The Hall–Kier alpha value is -1.44. The van der Waals surface area contributed by atoms with Crippen LogP contribution >= 0.6 is 11.3 Å². The number of aromatic hydroxyl groups is 1. The van der Waals surface area contributed by atoms with E-state index in [1.54, 1.807) is 13.1 Å². The van der Waals surface area contributed by atoms with Gasteiger partial charge >= 0.3 is 0 Å². The van der Waals surface area contributed by atoms with E-state index in [9.17, 15) is 8.42 Å². The average Bonchev–Trinajstić information content (AvgIpc) is 2.76. The molecule has 0 fully saturated rings. The Labute approximate surface area is 116 Å². The highest BCUT2D eigenvalue weighted by Gasteiger charge is 2.19. The van der Waals surface area contributed by atoms with Crippen molar-refractivity contribution in [1.29, 1.82) is 0 Å². The first-order chi connectivity index (χ1) is 8.88. The Morgan fingerprint density at radius 2 is 1.95 bits per heavy atom. The summed E-state index contributed by atoms with van der Waals surface area (Å²) in [5.41, 5.74) is 0. The molecule has 0 aliphatic carbocycles. The number of benzene rings is 1. The fourth-order valence-corrected chi connectivity index (χ4v) is 3.61. The third-order valence-corrected chi connectivity index (χ3v) is 5.14. The topological polar surface area (TPSA) is 79.3 Å². The fourth-order valence-electron chi connectivity index (χ4n) is 1.55. The highest BCUT2D eigenvalue weighted by atomic mass is 32.2. The number of sulfonamides is 1. The molecule has 1 heterocycles. The van der Waals surface area contributed by atoms with E-state index in [-0.39, 0.29) is 10.6 Å². The van der Waals surface area contributed by atoms with Gasteiger partial charge in [0.1, 0.15) is 10.8 Å². The summed E-state index contributed by atoms with van der Waals surface area (Å²) in [4.78, 5) is 5.31. The molecule has 2 aromatic rings. The van der Waals surface area contributed by atoms with Crippen LogP contribution in [0.4, 0.5) is 0 Å². The van der Waals surface area contributed by atoms with Crippen LogP contribution in [0.15, 0.2) is 35.4 Å². The van der Waals surface area contributed by atoms with Gasteiger partial charge in [-0.05, 0) is 38.1 Å². The number of nitrogens with one attached hydrogen (secondary N) is 1. The number of phenols is 1. The number of hydrogen-bond acceptors (Lipinski definition) is 5. The number of nitrogens with zero attached hydrogens (tertiary/aromatic N) is 1. The normalized spacial score (nSPS) is 13.4. The van der Waals surface area contributed by atoms with Crippen molar-refractivity contribution in [2.75, 3.05) is 0 Å². The second-order valence-electron chi connectivity index (χ2n) is 4.15. The van der Waals surface area contributed by atoms with E-state index >= 15 is 0 Å². The zero-order chi connectivity index (χ0) is 14.0. The molecule has 19 heavy (non-hydrogen) atoms. The predicted octanol–water partition coefficient (Wildman–Crippen LogP) is 2.20. The first kappa shape index (κ1) is 14.0. The summed E-state index contributed by atoms with van der Waals surface area (Å²) in [6, 6.07) is 5.01. The molecular formula is C12H14N2O3S2. The van der Waals surface area contributed by atoms with Gasteiger partial charge in [0.05, 0.1) is 10.9 Å². The van der Waals surface area contributed by atoms with Crippen LogP contribution in [0.2, 0.25) is 0 Å². The van der Waals surface area contributed by atoms with Crippen molar-refractivity contribution in [3.05, 3.63) is 40.3 Å². The van der Waals surface area contributed by atoms with Crippen LogP contribution in [0.1, 0.15) is 22.9 Å². The highest BCUT2D eigenvalue weighted by Crippen LogP contribution is 2.22. The minimum Gasteiger partial charge on any atom is -0.508 e. The first-order valence-electron chi connectivity index (χ1n) is 5.62. The standard InChI is InChI=1S/C12H14N2O3S2/c1-8-7-13-12(18-8)9(2)14-19(16,17)11-5-3-10(15)4-6-11/h3-7,9,14-15H,1-2H3. The van der Waals surface area contributed by atoms with Crippen LogP contribution in [0.25, 0.3) is 0 Å². The Kier molecular flexibility index (Phi) is 3.88. The molecule has 0 saturated carbocycles. The molecule has 1 aromatic heterocycles. The molecule has 1 unspecified atom stereocenters. The van der Waals surface area contributed by atoms with Gasteiger partial charge in [0.2, 0.25) is 10.0 Å². The second kappa shape index (κ2) is 5.28. The number of aromatic nitrogens is 1. The van der Waals surface area contributed by atoms with Crippen molar-refractivity contribution >= 4 is 21.4 Å². The summed E-state index contributed by atoms with van der Waals surface area (Å²) in [7, 11) is -3.61. The largest absolute Gasteiger partial charge is 0.508 e. The molecule has 0 spiro atoms. The smallest absolute Gasteiger partial charge is 0.241 e. The predicted molar refractivity (Wildman–Crippen MR) is 73.7 cm³/mol. The molecule has 0 amide bonds. The summed E-state index contributed by atoms with van der Waals surface area (Å²) in [5.74, 6) is 0.0301. The minimum absolute atomic E-state index is 0.0301. The molecule has 0 saturated heterocycles. The number of phenolic OH excluding ortho intramolecular Hbond substituents is 1. The van der Waals surface area contributed by atoms with Gasteiger partial charge in [-0.15, -0.1) is 11.3 Å². The Balaban J connectivity index is 2.19. The van der Waals surface area contributed by atoms with Crippen LogP contribution in [-0.2, 0) is 10.0 Å². The van der Waals surface area contributed by atoms with Crippen molar-refractivity contribution in [3.63, 3.8) is 0 Å². The number of rotatable bonds is 4. The van der Waals surface area contributed by atoms with Gasteiger partial charge in [-0.25, -0.2) is 18.1 Å². The lowest BCUT2D eigenvalue weighted by Crippen LogP contribution is -2.26. The Morgan fingerprint density at radius 3 is 2.47 bits per heavy atom. The molecule has 0 aliphatic heterocycles. The maximum atomic E-state index is 12.1. The van der Waals surface area contributed by atoms with E-state index in [0.717, 1.165) is 9.88 Å². The number of hydrogen-bond donors (Lipinski definition) is 2. The van der Waals surface area contributed by atoms with Gasteiger partial charge in [0.15, 0.2) is 0 Å². The van der Waals surface area contributed by atoms with E-state index in [2.05, 4.69) is 9.71 Å². The summed E-state index contributed by atoms with van der Waals surface area (Å²) in [5, 5.41) is 9.88. The average molecular weight is 298 g/mol. The van der Waals surface area contributed by atoms with Gasteiger partial charge < -0.3 is 5.11 Å². The van der Waals surface area contributed by atoms with Gasteiger partial charge in [0, 0.05) is 11.1 Å². The third kappa shape index (κ3) is 3.31. The monoisotopic (exact) mass is 298 g/mol. The Bertz CT molecular complexity index is 663. The van der Waals surface area contributed by atoms with Gasteiger partial charge in [-0.3, -0.25) is 0 Å². The van der Waals surface area contributed by atoms with E-state index in [1.807, 2.05) is 6.92 Å². The molecule has 102 valence electrons. The first-order valence-corrected chi connectivity index (χ1v) is 7.92. The molecule has 1 atom stereocenters. The van der Waals surface area contributed by atoms with Crippen molar-refractivity contribution in [2.24, 2.45) is 0 Å². The molecule has 0 bridgehead atoms. The third-order valence-electron chi connectivity index (χ3n) is 2.49. The number of aryl methyl sites for hydroxylation is 1. The lowest BCUT2D eigenvalue weighted by Gasteiger charge is -2.11. The van der Waals surface area contributed by atoms with E-state index in [1.165, 1.54) is 35.6 Å². The summed E-state index contributed by atoms with van der Waals surface area (Å²) in [6.45, 7) is 3.67. The van der Waals surface area contributed by atoms with Crippen LogP contribution in [0.5, 0.6) is 5.75 Å². The van der Waals surface area contributed by atoms with Gasteiger partial charge in [-0.2, -0.15) is 0 Å². The van der Waals surface area contributed by atoms with Gasteiger partial charge in [0.25, 0.3) is 0 Å². The van der Waals surface area contributed by atoms with Crippen LogP contribution in [-0.4, -0.2) is 18.5 Å². The highest BCUT2D eigenvalue weighted by molar-refractivity contribution is 7.89. The van der Waals surface area contributed by atoms with Crippen LogP contribution in [0.3, 0.4) is 0 Å². The maximum absolute atomic E-state index is 12.1. The lowest BCUT2D eigenvalue weighted by molar-refractivity contribution is 0.474. The summed E-state index contributed by atoms with van der Waals surface area (Å²) < 4.78 is 26.8. The number of thiazole rings is 1.